The van der Waals surface area contributed by atoms with Crippen molar-refractivity contribution in [2.75, 3.05) is 19.0 Å². The van der Waals surface area contributed by atoms with Crippen molar-refractivity contribution in [2.45, 2.75) is 0 Å². The van der Waals surface area contributed by atoms with Gasteiger partial charge in [0.15, 0.2) is 0 Å². The van der Waals surface area contributed by atoms with Crippen LogP contribution in [0.25, 0.3) is 0 Å². The van der Waals surface area contributed by atoms with Gasteiger partial charge in [0.05, 0.1) is 11.3 Å². The zero-order chi connectivity index (χ0) is 10.6. The summed E-state index contributed by atoms with van der Waals surface area (Å²) in [5.74, 6) is 0. The van der Waals surface area contributed by atoms with Crippen molar-refractivity contribution in [3.05, 3.63) is 29.8 Å². The van der Waals surface area contributed by atoms with Crippen molar-refractivity contribution in [3.63, 3.8) is 0 Å². The highest BCUT2D eigenvalue weighted by molar-refractivity contribution is 5.92. The lowest BCUT2D eigenvalue weighted by Crippen LogP contribution is -2.35. The minimum atomic E-state index is -0.243. The summed E-state index contributed by atoms with van der Waals surface area (Å²) in [6.45, 7) is 0. The van der Waals surface area contributed by atoms with Gasteiger partial charge in [-0.3, -0.25) is 4.90 Å². The number of nitriles is 1. The first-order chi connectivity index (χ1) is 6.70. The van der Waals surface area contributed by atoms with E-state index in [9.17, 15) is 4.79 Å². The van der Waals surface area contributed by atoms with Crippen molar-refractivity contribution in [3.8, 4) is 6.07 Å². The van der Waals surface area contributed by atoms with E-state index in [1.807, 2.05) is 6.07 Å². The van der Waals surface area contributed by atoms with Crippen LogP contribution in [0.5, 0.6) is 0 Å². The Morgan fingerprint density at radius 1 is 1.50 bits per heavy atom. The van der Waals surface area contributed by atoms with Gasteiger partial charge < -0.3 is 5.32 Å². The molecule has 72 valence electrons. The molecule has 0 heterocycles. The minimum Gasteiger partial charge on any atom is -0.341 e. The second kappa shape index (κ2) is 4.28. The Kier molecular flexibility index (Phi) is 3.08. The highest BCUT2D eigenvalue weighted by Gasteiger charge is 2.11. The van der Waals surface area contributed by atoms with Crippen LogP contribution in [-0.4, -0.2) is 20.1 Å². The molecule has 1 N–H and O–H groups in total. The number of para-hydroxylation sites is 1. The second-order valence-electron chi connectivity index (χ2n) is 2.74. The van der Waals surface area contributed by atoms with Gasteiger partial charge in [0.2, 0.25) is 0 Å². The van der Waals surface area contributed by atoms with Gasteiger partial charge in [-0.25, -0.2) is 4.79 Å². The molecule has 4 nitrogen and oxygen atoms in total. The van der Waals surface area contributed by atoms with Crippen molar-refractivity contribution in [2.24, 2.45) is 0 Å². The predicted molar refractivity (Wildman–Crippen MR) is 54.0 cm³/mol. The van der Waals surface area contributed by atoms with Gasteiger partial charge in [-0.1, -0.05) is 12.1 Å². The molecule has 0 aliphatic rings. The van der Waals surface area contributed by atoms with Gasteiger partial charge in [0.1, 0.15) is 6.07 Å². The van der Waals surface area contributed by atoms with E-state index < -0.39 is 0 Å². The van der Waals surface area contributed by atoms with Gasteiger partial charge in [0.25, 0.3) is 0 Å². The zero-order valence-corrected chi connectivity index (χ0v) is 8.11. The van der Waals surface area contributed by atoms with Gasteiger partial charge >= 0.3 is 6.03 Å². The summed E-state index contributed by atoms with van der Waals surface area (Å²) in [4.78, 5) is 12.7. The smallest absolute Gasteiger partial charge is 0.321 e. The van der Waals surface area contributed by atoms with E-state index in [-0.39, 0.29) is 6.03 Å². The predicted octanol–water partition coefficient (Wildman–Crippen LogP) is 1.33. The molecule has 0 saturated carbocycles. The zero-order valence-electron chi connectivity index (χ0n) is 8.11. The molecule has 0 atom stereocenters. The number of anilines is 1. The lowest BCUT2D eigenvalue weighted by atomic mass is 10.2. The normalized spacial score (nSPS) is 8.93. The largest absolute Gasteiger partial charge is 0.341 e. The third-order valence-electron chi connectivity index (χ3n) is 1.90. The lowest BCUT2D eigenvalue weighted by Gasteiger charge is -2.17. The Morgan fingerprint density at radius 3 is 2.71 bits per heavy atom. The summed E-state index contributed by atoms with van der Waals surface area (Å²) in [7, 11) is 3.17. The van der Waals surface area contributed by atoms with Crippen LogP contribution < -0.4 is 10.2 Å². The topological polar surface area (TPSA) is 56.1 Å². The van der Waals surface area contributed by atoms with E-state index in [0.717, 1.165) is 0 Å². The molecule has 4 heteroatoms. The molecule has 0 saturated heterocycles. The summed E-state index contributed by atoms with van der Waals surface area (Å²) in [6, 6.07) is 8.75. The van der Waals surface area contributed by atoms with Crippen LogP contribution in [-0.2, 0) is 0 Å². The maximum Gasteiger partial charge on any atom is 0.321 e. The summed E-state index contributed by atoms with van der Waals surface area (Å²) < 4.78 is 0. The molecule has 1 rings (SSSR count). The molecule has 1 aromatic rings. The van der Waals surface area contributed by atoms with E-state index in [1.54, 1.807) is 38.4 Å². The average Bonchev–Trinajstić information content (AvgIpc) is 2.26. The summed E-state index contributed by atoms with van der Waals surface area (Å²) in [5.41, 5.74) is 1.09. The van der Waals surface area contributed by atoms with E-state index >= 15 is 0 Å². The highest BCUT2D eigenvalue weighted by Crippen LogP contribution is 2.17. The molecule has 0 fully saturated rings. The van der Waals surface area contributed by atoms with E-state index in [4.69, 9.17) is 5.26 Å². The molecule has 0 aromatic heterocycles. The van der Waals surface area contributed by atoms with Crippen LogP contribution in [0.1, 0.15) is 5.56 Å². The number of amides is 2. The molecular formula is C10H11N3O. The fourth-order valence-corrected chi connectivity index (χ4v) is 1.14. The average molecular weight is 189 g/mol. The number of nitrogens with zero attached hydrogens (tertiary/aromatic N) is 2. The Balaban J connectivity index is 3.07. The number of carbonyl (C=O) groups is 1. The number of rotatable bonds is 1. The Morgan fingerprint density at radius 2 is 2.14 bits per heavy atom. The Labute approximate surface area is 82.8 Å². The van der Waals surface area contributed by atoms with Crippen LogP contribution in [0.4, 0.5) is 10.5 Å². The Hall–Kier alpha value is -2.02. The lowest BCUT2D eigenvalue weighted by molar-refractivity contribution is 0.249. The van der Waals surface area contributed by atoms with E-state index in [1.165, 1.54) is 4.90 Å². The summed E-state index contributed by atoms with van der Waals surface area (Å²) in [6.07, 6.45) is 0. The molecule has 0 spiro atoms. The number of benzene rings is 1. The third-order valence-corrected chi connectivity index (χ3v) is 1.90. The first kappa shape index (κ1) is 10.1. The fraction of sp³-hybridized carbons (Fsp3) is 0.200. The number of hydrogen-bond donors (Lipinski definition) is 1. The standard InChI is InChI=1S/C10H11N3O/c1-12-10(14)13(2)9-6-4-3-5-8(9)7-11/h3-6H,1-2H3,(H,12,14). The van der Waals surface area contributed by atoms with Crippen LogP contribution in [0.15, 0.2) is 24.3 Å². The van der Waals surface area contributed by atoms with Gasteiger partial charge in [0, 0.05) is 14.1 Å². The SMILES string of the molecule is CNC(=O)N(C)c1ccccc1C#N. The first-order valence-corrected chi connectivity index (χ1v) is 4.15. The fourth-order valence-electron chi connectivity index (χ4n) is 1.14. The van der Waals surface area contributed by atoms with Crippen molar-refractivity contribution >= 4 is 11.7 Å². The number of carbonyl (C=O) groups excluding carboxylic acids is 1. The molecule has 0 unspecified atom stereocenters. The van der Waals surface area contributed by atoms with Gasteiger partial charge in [-0.15, -0.1) is 0 Å². The van der Waals surface area contributed by atoms with Gasteiger partial charge in [-0.05, 0) is 12.1 Å². The van der Waals surface area contributed by atoms with E-state index in [2.05, 4.69) is 5.32 Å². The summed E-state index contributed by atoms with van der Waals surface area (Å²) in [5, 5.41) is 11.3. The minimum absolute atomic E-state index is 0.243. The quantitative estimate of drug-likeness (QED) is 0.724. The van der Waals surface area contributed by atoms with Crippen LogP contribution in [0.2, 0.25) is 0 Å². The molecule has 1 aromatic carbocycles. The summed E-state index contributed by atoms with van der Waals surface area (Å²) >= 11 is 0. The van der Waals surface area contributed by atoms with Crippen LogP contribution >= 0.6 is 0 Å². The maximum absolute atomic E-state index is 11.3. The second-order valence-corrected chi connectivity index (χ2v) is 2.74. The van der Waals surface area contributed by atoms with E-state index in [0.29, 0.717) is 11.3 Å². The number of nitrogens with one attached hydrogen (secondary N) is 1. The van der Waals surface area contributed by atoms with Crippen molar-refractivity contribution in [1.29, 1.82) is 5.26 Å². The number of hydrogen-bond acceptors (Lipinski definition) is 2. The molecule has 2 amide bonds. The van der Waals surface area contributed by atoms with Crippen molar-refractivity contribution in [1.82, 2.24) is 5.32 Å². The molecule has 0 bridgehead atoms. The van der Waals surface area contributed by atoms with Crippen LogP contribution in [0, 0.1) is 11.3 Å². The highest BCUT2D eigenvalue weighted by atomic mass is 16.2. The van der Waals surface area contributed by atoms with Crippen molar-refractivity contribution < 1.29 is 4.79 Å². The molecule has 14 heavy (non-hydrogen) atoms. The molecule has 0 aliphatic carbocycles. The molecule has 0 aliphatic heterocycles. The molecular weight excluding hydrogens is 178 g/mol. The number of urea groups is 1. The maximum atomic E-state index is 11.3. The van der Waals surface area contributed by atoms with Crippen LogP contribution in [0.3, 0.4) is 0 Å². The van der Waals surface area contributed by atoms with Gasteiger partial charge in [-0.2, -0.15) is 5.26 Å². The monoisotopic (exact) mass is 189 g/mol. The third kappa shape index (κ3) is 1.83. The Bertz CT molecular complexity index is 381. The first-order valence-electron chi connectivity index (χ1n) is 4.15. The molecule has 0 radical (unpaired) electrons.